The minimum absolute atomic E-state index is 0.0892. The van der Waals surface area contributed by atoms with Gasteiger partial charge in [-0.3, -0.25) is 37.2 Å². The first-order valence-corrected chi connectivity index (χ1v) is 29.3. The lowest BCUT2D eigenvalue weighted by atomic mass is 9.88. The zero-order chi connectivity index (χ0) is 63.5. The van der Waals surface area contributed by atoms with Crippen molar-refractivity contribution in [1.82, 2.24) is 39.1 Å². The van der Waals surface area contributed by atoms with Gasteiger partial charge in [0.2, 0.25) is 18.6 Å². The SMILES string of the molecule is CC(C)(CC(=O)N(Cc1nn(CC(F)(F)F)c2c(-c3ccc(C#CC(C)(C)S(C)(=O)=O)nc3C(Cc3cc(F)cc(F)c3)NC(=O)Cn3nc(C(F)(F)F)c4c3C(F)(F)[C@@H]3C[C@H]43)ccc(Cl)c12)S(=O)[O-])CN(CC(=O)O)C(=O)OCOP(=O)(O)O. The van der Waals surface area contributed by atoms with E-state index < -0.39 is 207 Å². The van der Waals surface area contributed by atoms with Gasteiger partial charge in [-0.1, -0.05) is 37.4 Å². The summed E-state index contributed by atoms with van der Waals surface area (Å²) in [4.78, 5) is 75.5. The number of phosphoric acid groups is 1. The highest BCUT2D eigenvalue weighted by Gasteiger charge is 2.68. The van der Waals surface area contributed by atoms with E-state index in [4.69, 9.17) is 21.4 Å². The molecule has 0 aliphatic heterocycles. The predicted molar refractivity (Wildman–Crippen MR) is 274 cm³/mol. The molecule has 4 N–H and O–H groups in total. The van der Waals surface area contributed by atoms with E-state index in [1.165, 1.54) is 27.7 Å². The fraction of sp³-hybridized carbons (Fsp3) is 0.449. The molecule has 1 fully saturated rings. The number of carbonyl (C=O) groups is 4. The number of aromatic nitrogens is 5. The molecule has 2 aliphatic rings. The first kappa shape index (κ1) is 65.8. The largest absolute Gasteiger partial charge is 0.755 e. The van der Waals surface area contributed by atoms with Crippen molar-refractivity contribution in [3.63, 3.8) is 0 Å². The van der Waals surface area contributed by atoms with Crippen LogP contribution >= 0.6 is 19.4 Å². The summed E-state index contributed by atoms with van der Waals surface area (Å²) < 4.78 is 218. The number of carbonyl (C=O) groups excluding carboxylic acids is 3. The van der Waals surface area contributed by atoms with Crippen LogP contribution in [0.5, 0.6) is 0 Å². The maximum Gasteiger partial charge on any atom is 0.472 e. The number of hydrogen-bond donors (Lipinski definition) is 4. The number of fused-ring (bicyclic) bond motifs is 4. The molecule has 22 nitrogen and oxygen atoms in total. The van der Waals surface area contributed by atoms with Gasteiger partial charge in [-0.05, 0) is 79.8 Å². The maximum atomic E-state index is 15.7. The first-order chi connectivity index (χ1) is 39.0. The summed E-state index contributed by atoms with van der Waals surface area (Å²) in [5, 5.41) is 18.3. The molecule has 1 saturated carbocycles. The van der Waals surface area contributed by atoms with E-state index in [0.717, 1.165) is 42.7 Å². The molecule has 4 atom stereocenters. The molecule has 3 amide bonds. The monoisotopic (exact) mass is 1290 g/mol. The Kier molecular flexibility index (Phi) is 18.5. The van der Waals surface area contributed by atoms with Crippen LogP contribution in [0.15, 0.2) is 42.5 Å². The lowest BCUT2D eigenvalue weighted by molar-refractivity contribution is -0.143. The Labute approximate surface area is 482 Å². The Balaban J connectivity index is 1.37. The molecule has 462 valence electrons. The minimum atomic E-state index is -5.26. The van der Waals surface area contributed by atoms with E-state index in [2.05, 4.69) is 41.6 Å². The second-order valence-corrected chi connectivity index (χ2v) is 26.1. The highest BCUT2D eigenvalue weighted by Crippen LogP contribution is 2.68. The Hall–Kier alpha value is -6.73. The number of carboxylic acid groups (broad SMARTS) is 1. The number of aliphatic carboxylic acids is 1. The number of sulfone groups is 1. The number of alkyl halides is 8. The van der Waals surface area contributed by atoms with Gasteiger partial charge in [-0.2, -0.15) is 45.3 Å². The number of benzene rings is 2. The number of halogens is 11. The van der Waals surface area contributed by atoms with Gasteiger partial charge in [0, 0.05) is 53.3 Å². The average molecular weight is 1290 g/mol. The van der Waals surface area contributed by atoms with Crippen molar-refractivity contribution in [2.75, 3.05) is 26.1 Å². The van der Waals surface area contributed by atoms with E-state index >= 15 is 8.78 Å². The molecule has 2 aliphatic carbocycles. The highest BCUT2D eigenvalue weighted by molar-refractivity contribution is 7.92. The summed E-state index contributed by atoms with van der Waals surface area (Å²) in [6.07, 6.45) is -13.1. The fourth-order valence-corrected chi connectivity index (χ4v) is 10.6. The summed E-state index contributed by atoms with van der Waals surface area (Å²) >= 11 is 3.07. The Morgan fingerprint density at radius 3 is 2.21 bits per heavy atom. The topological polar surface area (TPSA) is 306 Å². The number of amides is 3. The minimum Gasteiger partial charge on any atom is -0.755 e. The van der Waals surface area contributed by atoms with Crippen molar-refractivity contribution < 1.29 is 109 Å². The van der Waals surface area contributed by atoms with Gasteiger partial charge in [0.1, 0.15) is 47.4 Å². The number of ether oxygens (including phenoxy) is 1. The van der Waals surface area contributed by atoms with Crippen LogP contribution in [-0.2, 0) is 87.5 Å². The van der Waals surface area contributed by atoms with Crippen LogP contribution in [-0.4, -0.2) is 127 Å². The average Bonchev–Trinajstić information content (AvgIpc) is 1.76. The summed E-state index contributed by atoms with van der Waals surface area (Å²) in [7, 11) is -9.15. The van der Waals surface area contributed by atoms with E-state index in [1.54, 1.807) is 0 Å². The molecule has 5 aromatic rings. The lowest BCUT2D eigenvalue weighted by Gasteiger charge is -2.33. The van der Waals surface area contributed by atoms with Crippen LogP contribution in [0.1, 0.15) is 92.1 Å². The van der Waals surface area contributed by atoms with Crippen LogP contribution in [0, 0.1) is 34.8 Å². The molecule has 7 rings (SSSR count). The molecule has 3 aromatic heterocycles. The molecular formula is C49H47ClF10N8O14PS2-. The number of carboxylic acids is 1. The lowest BCUT2D eigenvalue weighted by Crippen LogP contribution is -2.44. The number of nitrogens with one attached hydrogen (secondary N) is 1. The van der Waals surface area contributed by atoms with E-state index in [-0.39, 0.29) is 37.8 Å². The van der Waals surface area contributed by atoms with E-state index in [1.807, 2.05) is 0 Å². The van der Waals surface area contributed by atoms with Gasteiger partial charge in [0.15, 0.2) is 15.5 Å². The van der Waals surface area contributed by atoms with Crippen LogP contribution in [0.3, 0.4) is 0 Å². The molecule has 3 heterocycles. The molecule has 0 spiro atoms. The second kappa shape index (κ2) is 23.9. The van der Waals surface area contributed by atoms with Crippen molar-refractivity contribution in [2.24, 2.45) is 11.3 Å². The summed E-state index contributed by atoms with van der Waals surface area (Å²) in [6, 6.07) is 4.55. The third kappa shape index (κ3) is 15.5. The Morgan fingerprint density at radius 1 is 1.00 bits per heavy atom. The highest BCUT2D eigenvalue weighted by atomic mass is 35.5. The zero-order valence-corrected chi connectivity index (χ0v) is 47.8. The standard InChI is InChI=1S/C49H48ClF10N8O14PS2/c1-45(2,21-65(20-37(71)72)44(73)81-23-82-83(74,75)76)17-36(70)68(84(77)78)18-34-39-32(50)9-8-29(41(39)67(63-34)22-47(53,54)55)28-7-6-27(10-11-46(3,4)85(5,79)80)61-40(28)33(14-24-12-25(51)15-26(52)13-24)62-35(69)19-66-43-38(42(64-66)49(58,59)60)30-16-31(30)48(43,56)57/h6-9,12-13,15,30-31,33H,14,16-23H2,1-5H3,(H,62,69)(H,71,72)(H,77,78)(H2,74,75,76)/p-1/t30-,31+,33?/m0/s1. The van der Waals surface area contributed by atoms with E-state index in [0.29, 0.717) is 15.6 Å². The molecule has 2 unspecified atom stereocenters. The maximum absolute atomic E-state index is 15.7. The van der Waals surface area contributed by atoms with Crippen molar-refractivity contribution in [2.45, 2.75) is 102 Å². The fourth-order valence-electron chi connectivity index (χ4n) is 9.48. The Morgan fingerprint density at radius 2 is 1.64 bits per heavy atom. The van der Waals surface area contributed by atoms with Crippen LogP contribution in [0.2, 0.25) is 5.02 Å². The molecule has 0 saturated heterocycles. The number of rotatable bonds is 21. The molecule has 0 radical (unpaired) electrons. The quantitative estimate of drug-likeness (QED) is 0.0183. The number of phosphoric ester groups is 1. The normalized spacial score (nSPS) is 16.6. The third-order valence-electron chi connectivity index (χ3n) is 13.4. The van der Waals surface area contributed by atoms with Gasteiger partial charge < -0.3 is 29.5 Å². The zero-order valence-electron chi connectivity index (χ0n) is 44.5. The molecule has 2 aromatic carbocycles. The number of nitrogens with zero attached hydrogens (tertiary/aromatic N) is 7. The summed E-state index contributed by atoms with van der Waals surface area (Å²) in [5.74, 6) is -8.34. The molecule has 85 heavy (non-hydrogen) atoms. The molecular weight excluding hydrogens is 1250 g/mol. The van der Waals surface area contributed by atoms with Crippen LogP contribution < -0.4 is 5.32 Å². The Bertz CT molecular complexity index is 3750. The molecule has 36 heteroatoms. The van der Waals surface area contributed by atoms with Crippen molar-refractivity contribution in [3.05, 3.63) is 98.7 Å². The number of hydrogen-bond acceptors (Lipinski definition) is 14. The second-order valence-electron chi connectivity index (χ2n) is 21.0. The van der Waals surface area contributed by atoms with Gasteiger partial charge in [-0.25, -0.2) is 36.1 Å². The predicted octanol–water partition coefficient (Wildman–Crippen LogP) is 7.42. The van der Waals surface area contributed by atoms with Crippen LogP contribution in [0.4, 0.5) is 48.7 Å². The smallest absolute Gasteiger partial charge is 0.472 e. The van der Waals surface area contributed by atoms with Gasteiger partial charge >= 0.3 is 32.2 Å². The van der Waals surface area contributed by atoms with Crippen LogP contribution in [0.25, 0.3) is 22.0 Å². The third-order valence-corrected chi connectivity index (χ3v) is 16.8. The summed E-state index contributed by atoms with van der Waals surface area (Å²) in [6.45, 7) is -2.89. The molecule has 0 bridgehead atoms. The first-order valence-electron chi connectivity index (χ1n) is 24.5. The van der Waals surface area contributed by atoms with Gasteiger partial charge in [0.25, 0.3) is 5.92 Å². The van der Waals surface area contributed by atoms with Crippen molar-refractivity contribution in [3.8, 4) is 23.0 Å². The number of pyridine rings is 1. The van der Waals surface area contributed by atoms with Crippen molar-refractivity contribution in [1.29, 1.82) is 0 Å². The summed E-state index contributed by atoms with van der Waals surface area (Å²) in [5.41, 5.74) is -8.40. The van der Waals surface area contributed by atoms with E-state index in [9.17, 15) is 81.2 Å². The van der Waals surface area contributed by atoms with Gasteiger partial charge in [-0.15, -0.1) is 0 Å². The van der Waals surface area contributed by atoms with Gasteiger partial charge in [0.05, 0.1) is 45.8 Å². The van der Waals surface area contributed by atoms with Crippen molar-refractivity contribution >= 4 is 75.3 Å².